The van der Waals surface area contributed by atoms with E-state index in [0.717, 1.165) is 11.0 Å². The van der Waals surface area contributed by atoms with E-state index in [4.69, 9.17) is 0 Å². The fourth-order valence-electron chi connectivity index (χ4n) is 2.96. The number of hydrogen-bond donors (Lipinski definition) is 1. The summed E-state index contributed by atoms with van der Waals surface area (Å²) in [5.41, 5.74) is 2.60. The number of nitro benzene ring substituents is 1. The van der Waals surface area contributed by atoms with E-state index < -0.39 is 4.92 Å². The molecule has 1 N–H and O–H groups in total. The molecule has 1 amide bonds. The number of amides is 1. The molecule has 0 aliphatic carbocycles. The average molecular weight is 373 g/mol. The van der Waals surface area contributed by atoms with Crippen LogP contribution in [0, 0.1) is 10.1 Å². The fourth-order valence-corrected chi connectivity index (χ4v) is 2.96. The lowest BCUT2D eigenvalue weighted by molar-refractivity contribution is -0.385. The maximum absolute atomic E-state index is 12.3. The Morgan fingerprint density at radius 1 is 1.04 bits per heavy atom. The summed E-state index contributed by atoms with van der Waals surface area (Å²) in [4.78, 5) is 31.5. The summed E-state index contributed by atoms with van der Waals surface area (Å²) in [5, 5.41) is 13.8. The Morgan fingerprint density at radius 3 is 2.61 bits per heavy atom. The molecule has 0 unspecified atom stereocenters. The molecule has 0 radical (unpaired) electrons. The number of benzene rings is 2. The van der Waals surface area contributed by atoms with E-state index >= 15 is 0 Å². The Bertz CT molecular complexity index is 1170. The van der Waals surface area contributed by atoms with E-state index in [1.165, 1.54) is 6.07 Å². The number of nitro groups is 1. The van der Waals surface area contributed by atoms with Gasteiger partial charge in [-0.05, 0) is 24.3 Å². The van der Waals surface area contributed by atoms with E-state index in [1.807, 2.05) is 28.8 Å². The van der Waals surface area contributed by atoms with Crippen molar-refractivity contribution in [1.82, 2.24) is 14.5 Å². The third-order valence-corrected chi connectivity index (χ3v) is 4.27. The van der Waals surface area contributed by atoms with Gasteiger partial charge in [-0.1, -0.05) is 30.3 Å². The average Bonchev–Trinajstić information content (AvgIpc) is 3.13. The molecule has 0 aliphatic heterocycles. The number of carbonyl (C=O) groups is 1. The maximum Gasteiger partial charge on any atom is 0.273 e. The standard InChI is InChI=1S/C20H15N5O3/c26-20(11-14-5-1-3-7-17(14)25(27)28)23-15-9-10-19(21-12-15)24-13-22-16-6-2-4-8-18(16)24/h1-10,12-13H,11H2,(H,23,26). The summed E-state index contributed by atoms with van der Waals surface area (Å²) < 4.78 is 1.86. The van der Waals surface area contributed by atoms with Gasteiger partial charge in [0.1, 0.15) is 12.1 Å². The monoisotopic (exact) mass is 373 g/mol. The molecule has 0 aliphatic rings. The van der Waals surface area contributed by atoms with Crippen LogP contribution in [0.25, 0.3) is 16.9 Å². The minimum absolute atomic E-state index is 0.0712. The third-order valence-electron chi connectivity index (χ3n) is 4.27. The molecule has 2 aromatic carbocycles. The Balaban J connectivity index is 1.49. The van der Waals surface area contributed by atoms with Crippen molar-refractivity contribution < 1.29 is 9.72 Å². The van der Waals surface area contributed by atoms with Crippen molar-refractivity contribution >= 4 is 28.3 Å². The maximum atomic E-state index is 12.3. The molecular formula is C20H15N5O3. The highest BCUT2D eigenvalue weighted by Crippen LogP contribution is 2.20. The number of nitrogens with zero attached hydrogens (tertiary/aromatic N) is 4. The molecule has 2 heterocycles. The van der Waals surface area contributed by atoms with Gasteiger partial charge in [0.15, 0.2) is 0 Å². The Morgan fingerprint density at radius 2 is 1.82 bits per heavy atom. The van der Waals surface area contributed by atoms with Crippen LogP contribution < -0.4 is 5.32 Å². The van der Waals surface area contributed by atoms with Gasteiger partial charge in [0.2, 0.25) is 5.91 Å². The second kappa shape index (κ2) is 7.28. The largest absolute Gasteiger partial charge is 0.324 e. The molecule has 8 heteroatoms. The number of imidazole rings is 1. The van der Waals surface area contributed by atoms with E-state index in [2.05, 4.69) is 15.3 Å². The summed E-state index contributed by atoms with van der Waals surface area (Å²) in [6.07, 6.45) is 3.15. The predicted molar refractivity (Wildman–Crippen MR) is 104 cm³/mol. The third kappa shape index (κ3) is 3.43. The van der Waals surface area contributed by atoms with Crippen molar-refractivity contribution in [3.8, 4) is 5.82 Å². The topological polar surface area (TPSA) is 103 Å². The van der Waals surface area contributed by atoms with Crippen LogP contribution in [0.5, 0.6) is 0 Å². The molecule has 4 aromatic rings. The highest BCUT2D eigenvalue weighted by molar-refractivity contribution is 5.92. The number of hydrogen-bond acceptors (Lipinski definition) is 5. The van der Waals surface area contributed by atoms with Crippen LogP contribution in [-0.4, -0.2) is 25.4 Å². The second-order valence-electron chi connectivity index (χ2n) is 6.12. The van der Waals surface area contributed by atoms with Crippen molar-refractivity contribution in [2.24, 2.45) is 0 Å². The first kappa shape index (κ1) is 17.3. The lowest BCUT2D eigenvalue weighted by Crippen LogP contribution is -2.15. The van der Waals surface area contributed by atoms with Gasteiger partial charge in [-0.3, -0.25) is 19.5 Å². The fraction of sp³-hybridized carbons (Fsp3) is 0.0500. The number of carbonyl (C=O) groups excluding carboxylic acids is 1. The second-order valence-corrected chi connectivity index (χ2v) is 6.12. The molecule has 0 bridgehead atoms. The van der Waals surface area contributed by atoms with Crippen molar-refractivity contribution in [2.45, 2.75) is 6.42 Å². The van der Waals surface area contributed by atoms with Gasteiger partial charge < -0.3 is 5.32 Å². The number of para-hydroxylation sites is 3. The van der Waals surface area contributed by atoms with Crippen molar-refractivity contribution in [1.29, 1.82) is 0 Å². The van der Waals surface area contributed by atoms with Gasteiger partial charge in [-0.25, -0.2) is 9.97 Å². The SMILES string of the molecule is O=C(Cc1ccccc1[N+](=O)[O-])Nc1ccc(-n2cnc3ccccc32)nc1. The van der Waals surface area contributed by atoms with Crippen LogP contribution in [0.15, 0.2) is 73.2 Å². The van der Waals surface area contributed by atoms with E-state index in [-0.39, 0.29) is 18.0 Å². The number of fused-ring (bicyclic) bond motifs is 1. The predicted octanol–water partition coefficient (Wildman–Crippen LogP) is 3.51. The molecular weight excluding hydrogens is 358 g/mol. The molecule has 8 nitrogen and oxygen atoms in total. The summed E-state index contributed by atoms with van der Waals surface area (Å²) in [7, 11) is 0. The quantitative estimate of drug-likeness (QED) is 0.426. The molecule has 28 heavy (non-hydrogen) atoms. The van der Waals surface area contributed by atoms with Crippen LogP contribution in [0.2, 0.25) is 0 Å². The molecule has 138 valence electrons. The number of pyridine rings is 1. The normalized spacial score (nSPS) is 10.7. The van der Waals surface area contributed by atoms with Crippen molar-refractivity contribution in [2.75, 3.05) is 5.32 Å². The molecule has 0 fully saturated rings. The number of rotatable bonds is 5. The highest BCUT2D eigenvalue weighted by atomic mass is 16.6. The van der Waals surface area contributed by atoms with Gasteiger partial charge in [0.25, 0.3) is 5.69 Å². The van der Waals surface area contributed by atoms with Gasteiger partial charge in [-0.2, -0.15) is 0 Å². The molecule has 4 rings (SSSR count). The van der Waals surface area contributed by atoms with E-state index in [1.54, 1.807) is 42.9 Å². The first-order valence-electron chi connectivity index (χ1n) is 8.52. The molecule has 0 spiro atoms. The van der Waals surface area contributed by atoms with Crippen molar-refractivity contribution in [3.05, 3.63) is 88.9 Å². The van der Waals surface area contributed by atoms with Crippen LogP contribution in [-0.2, 0) is 11.2 Å². The van der Waals surface area contributed by atoms with Gasteiger partial charge in [0, 0.05) is 11.6 Å². The minimum Gasteiger partial charge on any atom is -0.324 e. The summed E-state index contributed by atoms with van der Waals surface area (Å²) >= 11 is 0. The molecule has 0 saturated heterocycles. The van der Waals surface area contributed by atoms with Crippen molar-refractivity contribution in [3.63, 3.8) is 0 Å². The van der Waals surface area contributed by atoms with Crippen LogP contribution in [0.3, 0.4) is 0 Å². The Kier molecular flexibility index (Phi) is 4.51. The zero-order chi connectivity index (χ0) is 19.5. The zero-order valence-electron chi connectivity index (χ0n) is 14.6. The smallest absolute Gasteiger partial charge is 0.273 e. The first-order valence-corrected chi connectivity index (χ1v) is 8.52. The molecule has 0 saturated carbocycles. The number of aromatic nitrogens is 3. The lowest BCUT2D eigenvalue weighted by atomic mass is 10.1. The summed E-state index contributed by atoms with van der Waals surface area (Å²) in [6.45, 7) is 0. The summed E-state index contributed by atoms with van der Waals surface area (Å²) in [6, 6.07) is 17.4. The first-order chi connectivity index (χ1) is 13.6. The van der Waals surface area contributed by atoms with Crippen LogP contribution >= 0.6 is 0 Å². The highest BCUT2D eigenvalue weighted by Gasteiger charge is 2.15. The minimum atomic E-state index is -0.492. The number of anilines is 1. The van der Waals surface area contributed by atoms with E-state index in [9.17, 15) is 14.9 Å². The van der Waals surface area contributed by atoms with Gasteiger partial charge >= 0.3 is 0 Å². The molecule has 2 aromatic heterocycles. The molecule has 0 atom stereocenters. The Hall–Kier alpha value is -4.07. The van der Waals surface area contributed by atoms with Gasteiger partial charge in [-0.15, -0.1) is 0 Å². The number of nitrogens with one attached hydrogen (secondary N) is 1. The van der Waals surface area contributed by atoms with Gasteiger partial charge in [0.05, 0.1) is 34.3 Å². The Labute approximate surface area is 159 Å². The van der Waals surface area contributed by atoms with Crippen LogP contribution in [0.4, 0.5) is 11.4 Å². The van der Waals surface area contributed by atoms with E-state index in [0.29, 0.717) is 17.1 Å². The zero-order valence-corrected chi connectivity index (χ0v) is 14.6. The lowest BCUT2D eigenvalue weighted by Gasteiger charge is -2.07. The summed E-state index contributed by atoms with van der Waals surface area (Å²) in [5.74, 6) is 0.322. The van der Waals surface area contributed by atoms with Crippen LogP contribution in [0.1, 0.15) is 5.56 Å².